The lowest BCUT2D eigenvalue weighted by Gasteiger charge is -2.16. The maximum atomic E-state index is 11.8. The van der Waals surface area contributed by atoms with Crippen LogP contribution in [0.5, 0.6) is 5.75 Å². The van der Waals surface area contributed by atoms with E-state index in [9.17, 15) is 9.90 Å². The lowest BCUT2D eigenvalue weighted by atomic mass is 9.94. The van der Waals surface area contributed by atoms with E-state index in [2.05, 4.69) is 19.2 Å². The molecule has 4 nitrogen and oxygen atoms in total. The van der Waals surface area contributed by atoms with E-state index in [1.54, 1.807) is 18.2 Å². The van der Waals surface area contributed by atoms with Crippen molar-refractivity contribution >= 4 is 11.6 Å². The van der Waals surface area contributed by atoms with Crippen LogP contribution in [0.4, 0.5) is 5.69 Å². The molecule has 0 aliphatic rings. The minimum atomic E-state index is -0.0586. The lowest BCUT2D eigenvalue weighted by Crippen LogP contribution is -2.23. The molecule has 0 saturated carbocycles. The molecule has 100 valence electrons. The van der Waals surface area contributed by atoms with Crippen LogP contribution in [0.3, 0.4) is 0 Å². The van der Waals surface area contributed by atoms with Gasteiger partial charge < -0.3 is 16.2 Å². The smallest absolute Gasteiger partial charge is 0.224 e. The molecule has 4 heteroatoms. The number of carbonyl (C=O) groups excluding carboxylic acids is 1. The number of hydrogen-bond acceptors (Lipinski definition) is 3. The molecule has 4 N–H and O–H groups in total. The molecule has 0 aromatic heterocycles. The van der Waals surface area contributed by atoms with E-state index in [-0.39, 0.29) is 17.6 Å². The van der Waals surface area contributed by atoms with E-state index in [4.69, 9.17) is 5.73 Å². The third-order valence-corrected chi connectivity index (χ3v) is 2.74. The fourth-order valence-corrected chi connectivity index (χ4v) is 1.99. The lowest BCUT2D eigenvalue weighted by molar-refractivity contribution is -0.117. The number of benzene rings is 1. The van der Waals surface area contributed by atoms with Crippen molar-refractivity contribution in [2.45, 2.75) is 26.7 Å². The Hall–Kier alpha value is -1.55. The number of amides is 1. The van der Waals surface area contributed by atoms with Gasteiger partial charge in [0.1, 0.15) is 5.75 Å². The van der Waals surface area contributed by atoms with Gasteiger partial charge in [-0.2, -0.15) is 0 Å². The van der Waals surface area contributed by atoms with Gasteiger partial charge in [0.05, 0.1) is 0 Å². The molecule has 18 heavy (non-hydrogen) atoms. The van der Waals surface area contributed by atoms with E-state index >= 15 is 0 Å². The topological polar surface area (TPSA) is 75.4 Å². The van der Waals surface area contributed by atoms with Crippen molar-refractivity contribution in [1.82, 2.24) is 0 Å². The van der Waals surface area contributed by atoms with Crippen molar-refractivity contribution in [3.63, 3.8) is 0 Å². The number of phenolic OH excluding ortho intramolecular Hbond substituents is 1. The fourth-order valence-electron chi connectivity index (χ4n) is 1.99. The largest absolute Gasteiger partial charge is 0.508 e. The van der Waals surface area contributed by atoms with Crippen LogP contribution in [0, 0.1) is 11.8 Å². The monoisotopic (exact) mass is 250 g/mol. The number of rotatable bonds is 6. The normalized spacial score (nSPS) is 12.4. The van der Waals surface area contributed by atoms with Crippen LogP contribution in [0.1, 0.15) is 26.7 Å². The van der Waals surface area contributed by atoms with Crippen molar-refractivity contribution in [2.24, 2.45) is 17.6 Å². The highest BCUT2D eigenvalue weighted by Gasteiger charge is 2.14. The van der Waals surface area contributed by atoms with E-state index in [0.717, 1.165) is 6.42 Å². The number of carbonyl (C=O) groups is 1. The standard InChI is InChI=1S/C14H22N2O2/c1-10(2)6-11(9-15)7-14(18)16-12-4-3-5-13(17)8-12/h3-5,8,10-11,17H,6-7,9,15H2,1-2H3,(H,16,18). The Morgan fingerprint density at radius 1 is 1.44 bits per heavy atom. The molecule has 0 aliphatic carbocycles. The Labute approximate surface area is 108 Å². The molecule has 0 heterocycles. The highest BCUT2D eigenvalue weighted by Crippen LogP contribution is 2.18. The predicted octanol–water partition coefficient (Wildman–Crippen LogP) is 2.34. The van der Waals surface area contributed by atoms with E-state index in [0.29, 0.717) is 24.6 Å². The average molecular weight is 250 g/mol. The highest BCUT2D eigenvalue weighted by molar-refractivity contribution is 5.91. The van der Waals surface area contributed by atoms with E-state index < -0.39 is 0 Å². The van der Waals surface area contributed by atoms with Gasteiger partial charge >= 0.3 is 0 Å². The molecule has 1 unspecified atom stereocenters. The molecule has 1 rings (SSSR count). The van der Waals surface area contributed by atoms with Crippen molar-refractivity contribution in [3.8, 4) is 5.75 Å². The molecule has 0 aliphatic heterocycles. The fraction of sp³-hybridized carbons (Fsp3) is 0.500. The summed E-state index contributed by atoms with van der Waals surface area (Å²) in [4.78, 5) is 11.8. The quantitative estimate of drug-likeness (QED) is 0.725. The zero-order valence-corrected chi connectivity index (χ0v) is 11.0. The Morgan fingerprint density at radius 2 is 2.17 bits per heavy atom. The molecule has 1 aromatic carbocycles. The summed E-state index contributed by atoms with van der Waals surface area (Å²) in [5.41, 5.74) is 6.28. The summed E-state index contributed by atoms with van der Waals surface area (Å²) in [5.74, 6) is 0.830. The molecule has 1 aromatic rings. The van der Waals surface area contributed by atoms with Crippen molar-refractivity contribution in [3.05, 3.63) is 24.3 Å². The third kappa shape index (κ3) is 5.19. The first kappa shape index (κ1) is 14.5. The molecular weight excluding hydrogens is 228 g/mol. The highest BCUT2D eigenvalue weighted by atomic mass is 16.3. The number of nitrogens with one attached hydrogen (secondary N) is 1. The van der Waals surface area contributed by atoms with Gasteiger partial charge in [0, 0.05) is 18.2 Å². The summed E-state index contributed by atoms with van der Waals surface area (Å²) in [6.45, 7) is 4.76. The van der Waals surface area contributed by atoms with Crippen LogP contribution in [-0.4, -0.2) is 17.6 Å². The third-order valence-electron chi connectivity index (χ3n) is 2.74. The summed E-state index contributed by atoms with van der Waals surface area (Å²) in [6, 6.07) is 6.53. The zero-order valence-electron chi connectivity index (χ0n) is 11.0. The first-order valence-electron chi connectivity index (χ1n) is 6.30. The van der Waals surface area contributed by atoms with Gasteiger partial charge in [0.25, 0.3) is 0 Å². The number of phenols is 1. The second-order valence-corrected chi connectivity index (χ2v) is 5.03. The van der Waals surface area contributed by atoms with Gasteiger partial charge in [-0.3, -0.25) is 4.79 Å². The van der Waals surface area contributed by atoms with Gasteiger partial charge in [-0.05, 0) is 36.9 Å². The van der Waals surface area contributed by atoms with Gasteiger partial charge in [0.2, 0.25) is 5.91 Å². The predicted molar refractivity (Wildman–Crippen MR) is 73.4 cm³/mol. The minimum Gasteiger partial charge on any atom is -0.508 e. The van der Waals surface area contributed by atoms with E-state index in [1.807, 2.05) is 0 Å². The number of aromatic hydroxyl groups is 1. The Balaban J connectivity index is 2.50. The SMILES string of the molecule is CC(C)CC(CN)CC(=O)Nc1cccc(O)c1. The first-order chi connectivity index (χ1) is 8.51. The summed E-state index contributed by atoms with van der Waals surface area (Å²) in [5, 5.41) is 12.1. The van der Waals surface area contributed by atoms with Crippen LogP contribution in [0.2, 0.25) is 0 Å². The Morgan fingerprint density at radius 3 is 2.72 bits per heavy atom. The summed E-state index contributed by atoms with van der Waals surface area (Å²) >= 11 is 0. The maximum Gasteiger partial charge on any atom is 0.224 e. The van der Waals surface area contributed by atoms with Crippen LogP contribution in [0.15, 0.2) is 24.3 Å². The molecule has 0 fully saturated rings. The average Bonchev–Trinajstić information content (AvgIpc) is 2.27. The number of nitrogens with two attached hydrogens (primary N) is 1. The second-order valence-electron chi connectivity index (χ2n) is 5.03. The van der Waals surface area contributed by atoms with Gasteiger partial charge in [-0.15, -0.1) is 0 Å². The minimum absolute atomic E-state index is 0.0586. The molecular formula is C14H22N2O2. The number of hydrogen-bond donors (Lipinski definition) is 3. The van der Waals surface area contributed by atoms with Crippen LogP contribution < -0.4 is 11.1 Å². The first-order valence-corrected chi connectivity index (χ1v) is 6.30. The summed E-state index contributed by atoms with van der Waals surface area (Å²) in [7, 11) is 0. The maximum absolute atomic E-state index is 11.8. The van der Waals surface area contributed by atoms with Crippen LogP contribution in [0.25, 0.3) is 0 Å². The zero-order chi connectivity index (χ0) is 13.5. The molecule has 1 atom stereocenters. The van der Waals surface area contributed by atoms with Gasteiger partial charge in [-0.25, -0.2) is 0 Å². The van der Waals surface area contributed by atoms with Crippen LogP contribution >= 0.6 is 0 Å². The van der Waals surface area contributed by atoms with Crippen LogP contribution in [-0.2, 0) is 4.79 Å². The molecule has 1 amide bonds. The van der Waals surface area contributed by atoms with Crippen molar-refractivity contribution in [1.29, 1.82) is 0 Å². The Kier molecular flexibility index (Phi) is 5.65. The van der Waals surface area contributed by atoms with E-state index in [1.165, 1.54) is 6.07 Å². The van der Waals surface area contributed by atoms with Crippen molar-refractivity contribution in [2.75, 3.05) is 11.9 Å². The number of anilines is 1. The summed E-state index contributed by atoms with van der Waals surface area (Å²) < 4.78 is 0. The molecule has 0 spiro atoms. The molecule has 0 bridgehead atoms. The molecule has 0 radical (unpaired) electrons. The van der Waals surface area contributed by atoms with Crippen molar-refractivity contribution < 1.29 is 9.90 Å². The Bertz CT molecular complexity index is 391. The molecule has 0 saturated heterocycles. The second kappa shape index (κ2) is 7.01. The van der Waals surface area contributed by atoms with Gasteiger partial charge in [-0.1, -0.05) is 19.9 Å². The van der Waals surface area contributed by atoms with Gasteiger partial charge in [0.15, 0.2) is 0 Å². The summed E-state index contributed by atoms with van der Waals surface area (Å²) in [6.07, 6.45) is 1.37.